The summed E-state index contributed by atoms with van der Waals surface area (Å²) in [6, 6.07) is 5.71. The second-order valence-electron chi connectivity index (χ2n) is 6.04. The standard InChI is InChI=1S/C18H24FNO2/c19-15-10-8-14(9-11-15)17(21)12-13-18(22)20-16-6-4-2-1-3-5-7-16/h8-11,16H,1-7,12-13H2,(H,20,22). The van der Waals surface area contributed by atoms with E-state index in [2.05, 4.69) is 5.32 Å². The second-order valence-corrected chi connectivity index (χ2v) is 6.04. The van der Waals surface area contributed by atoms with Crippen LogP contribution in [0.5, 0.6) is 0 Å². The first-order valence-electron chi connectivity index (χ1n) is 8.23. The van der Waals surface area contributed by atoms with Gasteiger partial charge in [0.15, 0.2) is 5.78 Å². The van der Waals surface area contributed by atoms with E-state index >= 15 is 0 Å². The van der Waals surface area contributed by atoms with Gasteiger partial charge in [-0.1, -0.05) is 32.1 Å². The summed E-state index contributed by atoms with van der Waals surface area (Å²) in [5.41, 5.74) is 0.458. The number of amides is 1. The van der Waals surface area contributed by atoms with E-state index in [0.29, 0.717) is 5.56 Å². The topological polar surface area (TPSA) is 46.2 Å². The molecule has 1 aliphatic carbocycles. The van der Waals surface area contributed by atoms with Gasteiger partial charge in [0.05, 0.1) is 0 Å². The third kappa shape index (κ3) is 5.58. The average molecular weight is 305 g/mol. The molecule has 0 aromatic heterocycles. The number of Topliss-reactive ketones (excluding diaryl/α,β-unsaturated/α-hetero) is 1. The van der Waals surface area contributed by atoms with Crippen LogP contribution >= 0.6 is 0 Å². The van der Waals surface area contributed by atoms with Gasteiger partial charge in [-0.15, -0.1) is 0 Å². The molecule has 0 spiro atoms. The molecule has 4 heteroatoms. The van der Waals surface area contributed by atoms with Crippen LogP contribution < -0.4 is 5.32 Å². The van der Waals surface area contributed by atoms with E-state index in [1.807, 2.05) is 0 Å². The smallest absolute Gasteiger partial charge is 0.220 e. The van der Waals surface area contributed by atoms with E-state index in [4.69, 9.17) is 0 Å². The fraction of sp³-hybridized carbons (Fsp3) is 0.556. The Morgan fingerprint density at radius 2 is 1.55 bits per heavy atom. The lowest BCUT2D eigenvalue weighted by atomic mass is 9.96. The molecule has 1 N–H and O–H groups in total. The summed E-state index contributed by atoms with van der Waals surface area (Å²) in [5.74, 6) is -0.535. The van der Waals surface area contributed by atoms with Gasteiger partial charge in [0, 0.05) is 24.4 Å². The van der Waals surface area contributed by atoms with E-state index in [-0.39, 0.29) is 36.4 Å². The van der Waals surface area contributed by atoms with Gasteiger partial charge in [-0.2, -0.15) is 0 Å². The number of ketones is 1. The van der Waals surface area contributed by atoms with Crippen LogP contribution in [0.2, 0.25) is 0 Å². The largest absolute Gasteiger partial charge is 0.353 e. The van der Waals surface area contributed by atoms with Crippen LogP contribution in [0, 0.1) is 5.82 Å². The van der Waals surface area contributed by atoms with Crippen molar-refractivity contribution in [3.63, 3.8) is 0 Å². The predicted octanol–water partition coefficient (Wildman–Crippen LogP) is 4.02. The molecule has 0 unspecified atom stereocenters. The highest BCUT2D eigenvalue weighted by Crippen LogP contribution is 2.17. The van der Waals surface area contributed by atoms with E-state index in [0.717, 1.165) is 12.8 Å². The minimum atomic E-state index is -0.362. The maximum Gasteiger partial charge on any atom is 0.220 e. The maximum absolute atomic E-state index is 12.8. The van der Waals surface area contributed by atoms with Crippen molar-refractivity contribution in [2.24, 2.45) is 0 Å². The van der Waals surface area contributed by atoms with Crippen molar-refractivity contribution in [3.05, 3.63) is 35.6 Å². The number of hydrogen-bond acceptors (Lipinski definition) is 2. The average Bonchev–Trinajstić information content (AvgIpc) is 2.48. The quantitative estimate of drug-likeness (QED) is 0.835. The minimum absolute atomic E-state index is 0.0546. The van der Waals surface area contributed by atoms with Crippen molar-refractivity contribution in [2.75, 3.05) is 0 Å². The van der Waals surface area contributed by atoms with E-state index < -0.39 is 0 Å². The number of carbonyl (C=O) groups excluding carboxylic acids is 2. The molecular weight excluding hydrogens is 281 g/mol. The van der Waals surface area contributed by atoms with Gasteiger partial charge >= 0.3 is 0 Å². The van der Waals surface area contributed by atoms with Crippen LogP contribution in [0.25, 0.3) is 0 Å². The molecule has 0 saturated heterocycles. The molecule has 0 heterocycles. The van der Waals surface area contributed by atoms with Crippen molar-refractivity contribution in [3.8, 4) is 0 Å². The Morgan fingerprint density at radius 1 is 0.955 bits per heavy atom. The van der Waals surface area contributed by atoms with Gasteiger partial charge in [-0.3, -0.25) is 9.59 Å². The third-order valence-corrected chi connectivity index (χ3v) is 4.22. The van der Waals surface area contributed by atoms with Crippen molar-refractivity contribution in [1.29, 1.82) is 0 Å². The monoisotopic (exact) mass is 305 g/mol. The molecule has 1 aromatic rings. The predicted molar refractivity (Wildman–Crippen MR) is 84.2 cm³/mol. The minimum Gasteiger partial charge on any atom is -0.353 e. The first-order valence-corrected chi connectivity index (χ1v) is 8.23. The van der Waals surface area contributed by atoms with Crippen LogP contribution in [-0.4, -0.2) is 17.7 Å². The number of rotatable bonds is 5. The molecule has 0 bridgehead atoms. The van der Waals surface area contributed by atoms with E-state index in [1.54, 1.807) is 0 Å². The lowest BCUT2D eigenvalue weighted by Crippen LogP contribution is -2.35. The SMILES string of the molecule is O=C(CCC(=O)c1ccc(F)cc1)NC1CCCCCCC1. The fourth-order valence-electron chi connectivity index (χ4n) is 2.91. The van der Waals surface area contributed by atoms with Gasteiger partial charge in [-0.25, -0.2) is 4.39 Å². The Balaban J connectivity index is 1.74. The van der Waals surface area contributed by atoms with Gasteiger partial charge < -0.3 is 5.32 Å². The van der Waals surface area contributed by atoms with E-state index in [1.165, 1.54) is 56.4 Å². The summed E-state index contributed by atoms with van der Waals surface area (Å²) in [7, 11) is 0. The molecule has 2 rings (SSSR count). The molecule has 3 nitrogen and oxygen atoms in total. The second kappa shape index (κ2) is 8.66. The lowest BCUT2D eigenvalue weighted by molar-refractivity contribution is -0.121. The summed E-state index contributed by atoms with van der Waals surface area (Å²) in [6.45, 7) is 0. The van der Waals surface area contributed by atoms with E-state index in [9.17, 15) is 14.0 Å². The van der Waals surface area contributed by atoms with Gasteiger partial charge in [0.1, 0.15) is 5.82 Å². The first kappa shape index (κ1) is 16.7. The Morgan fingerprint density at radius 3 is 2.18 bits per heavy atom. The number of carbonyl (C=O) groups is 2. The van der Waals surface area contributed by atoms with Crippen LogP contribution in [0.4, 0.5) is 4.39 Å². The van der Waals surface area contributed by atoms with Gasteiger partial charge in [0.2, 0.25) is 5.91 Å². The maximum atomic E-state index is 12.8. The van der Waals surface area contributed by atoms with Crippen molar-refractivity contribution in [2.45, 2.75) is 63.8 Å². The lowest BCUT2D eigenvalue weighted by Gasteiger charge is -2.20. The van der Waals surface area contributed by atoms with Crippen molar-refractivity contribution >= 4 is 11.7 Å². The molecule has 1 amide bonds. The molecule has 120 valence electrons. The molecule has 1 aromatic carbocycles. The van der Waals surface area contributed by atoms with Crippen LogP contribution in [0.3, 0.4) is 0 Å². The van der Waals surface area contributed by atoms with Crippen molar-refractivity contribution in [1.82, 2.24) is 5.32 Å². The number of halogens is 1. The van der Waals surface area contributed by atoms with Crippen LogP contribution in [-0.2, 0) is 4.79 Å². The number of benzene rings is 1. The zero-order valence-electron chi connectivity index (χ0n) is 12.9. The fourth-order valence-corrected chi connectivity index (χ4v) is 2.91. The third-order valence-electron chi connectivity index (χ3n) is 4.22. The highest BCUT2D eigenvalue weighted by Gasteiger charge is 2.15. The zero-order chi connectivity index (χ0) is 15.8. The summed E-state index contributed by atoms with van der Waals surface area (Å²) in [6.07, 6.45) is 8.57. The zero-order valence-corrected chi connectivity index (χ0v) is 12.9. The summed E-state index contributed by atoms with van der Waals surface area (Å²) >= 11 is 0. The van der Waals surface area contributed by atoms with Crippen molar-refractivity contribution < 1.29 is 14.0 Å². The summed E-state index contributed by atoms with van der Waals surface area (Å²) in [4.78, 5) is 23.9. The first-order chi connectivity index (χ1) is 10.6. The molecular formula is C18H24FNO2. The number of nitrogens with one attached hydrogen (secondary N) is 1. The van der Waals surface area contributed by atoms with Crippen LogP contribution in [0.15, 0.2) is 24.3 Å². The van der Waals surface area contributed by atoms with Gasteiger partial charge in [-0.05, 0) is 37.1 Å². The Kier molecular flexibility index (Phi) is 6.56. The van der Waals surface area contributed by atoms with Crippen LogP contribution in [0.1, 0.15) is 68.1 Å². The molecule has 0 radical (unpaired) electrons. The molecule has 1 saturated carbocycles. The summed E-state index contributed by atoms with van der Waals surface area (Å²) < 4.78 is 12.8. The Labute approximate surface area is 131 Å². The Bertz CT molecular complexity index is 490. The van der Waals surface area contributed by atoms with Gasteiger partial charge in [0.25, 0.3) is 0 Å². The number of hydrogen-bond donors (Lipinski definition) is 1. The highest BCUT2D eigenvalue weighted by atomic mass is 19.1. The molecule has 0 atom stereocenters. The molecule has 0 aliphatic heterocycles. The molecule has 1 aliphatic rings. The Hall–Kier alpha value is -1.71. The molecule has 22 heavy (non-hydrogen) atoms. The molecule has 1 fully saturated rings. The highest BCUT2D eigenvalue weighted by molar-refractivity contribution is 5.97. The normalized spacial score (nSPS) is 16.6. The summed E-state index contributed by atoms with van der Waals surface area (Å²) in [5, 5.41) is 3.05.